The number of aryl methyl sites for hydroxylation is 1. The number of aromatic nitrogens is 2. The van der Waals surface area contributed by atoms with Crippen molar-refractivity contribution >= 4 is 23.4 Å². The number of likely N-dealkylation sites (tertiary alicyclic amines) is 1. The molecule has 1 atom stereocenters. The summed E-state index contributed by atoms with van der Waals surface area (Å²) in [4.78, 5) is 38.6. The summed E-state index contributed by atoms with van der Waals surface area (Å²) < 4.78 is 12.7. The minimum absolute atomic E-state index is 0.0883. The van der Waals surface area contributed by atoms with Gasteiger partial charge in [-0.1, -0.05) is 0 Å². The number of rotatable bonds is 9. The number of nitrogens with zero attached hydrogens (tertiary/aromatic N) is 3. The molecular formula is C21H26N4O5. The number of carbonyl (C=O) groups is 3. The highest BCUT2D eigenvalue weighted by atomic mass is 16.5. The Morgan fingerprint density at radius 1 is 1.23 bits per heavy atom. The number of benzene rings is 1. The van der Waals surface area contributed by atoms with Crippen LogP contribution in [0.15, 0.2) is 30.6 Å². The average Bonchev–Trinajstić information content (AvgIpc) is 3.22. The van der Waals surface area contributed by atoms with Crippen LogP contribution in [0.1, 0.15) is 25.8 Å². The van der Waals surface area contributed by atoms with Crippen molar-refractivity contribution in [1.82, 2.24) is 14.7 Å². The first kappa shape index (κ1) is 21.4. The van der Waals surface area contributed by atoms with Crippen LogP contribution in [0.3, 0.4) is 0 Å². The van der Waals surface area contributed by atoms with Crippen LogP contribution in [0.4, 0.5) is 5.69 Å². The molecule has 0 saturated carbocycles. The highest BCUT2D eigenvalue weighted by Gasteiger charge is 2.39. The van der Waals surface area contributed by atoms with Crippen molar-refractivity contribution in [3.63, 3.8) is 0 Å². The molecule has 1 aromatic carbocycles. The molecule has 9 heteroatoms. The van der Waals surface area contributed by atoms with Gasteiger partial charge in [0.25, 0.3) is 0 Å². The average molecular weight is 414 g/mol. The SMILES string of the molecule is CCOc1ccc(OCC)c(NC(=O)CN2C(=O)C[C@H](Cc3cnn(C)c3)C2=O)c1. The fourth-order valence-electron chi connectivity index (χ4n) is 3.42. The summed E-state index contributed by atoms with van der Waals surface area (Å²) in [5, 5.41) is 6.81. The van der Waals surface area contributed by atoms with Gasteiger partial charge in [-0.05, 0) is 38.0 Å². The number of hydrogen-bond donors (Lipinski definition) is 1. The summed E-state index contributed by atoms with van der Waals surface area (Å²) in [6, 6.07) is 5.12. The van der Waals surface area contributed by atoms with Crippen LogP contribution in [0.25, 0.3) is 0 Å². The number of imide groups is 1. The predicted molar refractivity (Wildman–Crippen MR) is 109 cm³/mol. The molecule has 1 aromatic heterocycles. The maximum atomic E-state index is 12.7. The maximum Gasteiger partial charge on any atom is 0.244 e. The van der Waals surface area contributed by atoms with E-state index in [1.54, 1.807) is 36.1 Å². The van der Waals surface area contributed by atoms with Crippen LogP contribution in [-0.2, 0) is 27.9 Å². The minimum Gasteiger partial charge on any atom is -0.494 e. The topological polar surface area (TPSA) is 103 Å². The third-order valence-corrected chi connectivity index (χ3v) is 4.72. The van der Waals surface area contributed by atoms with E-state index >= 15 is 0 Å². The third-order valence-electron chi connectivity index (χ3n) is 4.72. The van der Waals surface area contributed by atoms with E-state index < -0.39 is 11.8 Å². The number of carbonyl (C=O) groups excluding carboxylic acids is 3. The second-order valence-corrected chi connectivity index (χ2v) is 7.02. The Hall–Kier alpha value is -3.36. The van der Waals surface area contributed by atoms with E-state index in [1.165, 1.54) is 0 Å². The largest absolute Gasteiger partial charge is 0.494 e. The molecule has 3 amide bonds. The van der Waals surface area contributed by atoms with Gasteiger partial charge in [-0.3, -0.25) is 24.0 Å². The predicted octanol–water partition coefficient (Wildman–Crippen LogP) is 1.77. The van der Waals surface area contributed by atoms with Gasteiger partial charge in [-0.25, -0.2) is 0 Å². The number of nitrogens with one attached hydrogen (secondary N) is 1. The van der Waals surface area contributed by atoms with Crippen molar-refractivity contribution in [3.8, 4) is 11.5 Å². The zero-order valence-corrected chi connectivity index (χ0v) is 17.4. The normalized spacial score (nSPS) is 16.1. The zero-order valence-electron chi connectivity index (χ0n) is 17.4. The monoisotopic (exact) mass is 414 g/mol. The molecular weight excluding hydrogens is 388 g/mol. The molecule has 3 rings (SSSR count). The number of hydrogen-bond acceptors (Lipinski definition) is 6. The van der Waals surface area contributed by atoms with Crippen LogP contribution in [0.2, 0.25) is 0 Å². The summed E-state index contributed by atoms with van der Waals surface area (Å²) in [5.74, 6) is -0.573. The Morgan fingerprint density at radius 2 is 2.00 bits per heavy atom. The van der Waals surface area contributed by atoms with E-state index in [2.05, 4.69) is 10.4 Å². The minimum atomic E-state index is -0.478. The Labute approximate surface area is 174 Å². The lowest BCUT2D eigenvalue weighted by Gasteiger charge is -2.17. The van der Waals surface area contributed by atoms with Gasteiger partial charge in [-0.2, -0.15) is 5.10 Å². The van der Waals surface area contributed by atoms with Gasteiger partial charge >= 0.3 is 0 Å². The van der Waals surface area contributed by atoms with Crippen LogP contribution < -0.4 is 14.8 Å². The van der Waals surface area contributed by atoms with Crippen molar-refractivity contribution in [3.05, 3.63) is 36.2 Å². The highest BCUT2D eigenvalue weighted by molar-refractivity contribution is 6.07. The summed E-state index contributed by atoms with van der Waals surface area (Å²) in [7, 11) is 1.79. The molecule has 0 unspecified atom stereocenters. The summed E-state index contributed by atoms with van der Waals surface area (Å²) in [6.07, 6.45) is 3.99. The lowest BCUT2D eigenvalue weighted by atomic mass is 10.0. The molecule has 2 heterocycles. The quantitative estimate of drug-likeness (QED) is 0.628. The van der Waals surface area contributed by atoms with E-state index in [4.69, 9.17) is 9.47 Å². The lowest BCUT2D eigenvalue weighted by molar-refractivity contribution is -0.142. The van der Waals surface area contributed by atoms with Crippen molar-refractivity contribution in [2.45, 2.75) is 26.7 Å². The second kappa shape index (κ2) is 9.43. The standard InChI is InChI=1S/C21H26N4O5/c1-4-29-16-6-7-18(30-5-2)17(10-16)23-19(26)13-25-20(27)9-15(21(25)28)8-14-11-22-24(3)12-14/h6-7,10-12,15H,4-5,8-9,13H2,1-3H3,(H,23,26)/t15-/m0/s1. The first-order chi connectivity index (χ1) is 14.4. The smallest absolute Gasteiger partial charge is 0.244 e. The molecule has 0 bridgehead atoms. The van der Waals surface area contributed by atoms with E-state index in [-0.39, 0.29) is 24.8 Å². The van der Waals surface area contributed by atoms with Crippen molar-refractivity contribution < 1.29 is 23.9 Å². The first-order valence-electron chi connectivity index (χ1n) is 9.92. The van der Waals surface area contributed by atoms with Crippen molar-refractivity contribution in [2.75, 3.05) is 25.1 Å². The number of amides is 3. The molecule has 160 valence electrons. The summed E-state index contributed by atoms with van der Waals surface area (Å²) in [6.45, 7) is 4.27. The highest BCUT2D eigenvalue weighted by Crippen LogP contribution is 2.30. The van der Waals surface area contributed by atoms with Gasteiger partial charge in [0.15, 0.2) is 0 Å². The van der Waals surface area contributed by atoms with Crippen LogP contribution in [-0.4, -0.2) is 52.2 Å². The molecule has 1 aliphatic rings. The van der Waals surface area contributed by atoms with Crippen molar-refractivity contribution in [2.24, 2.45) is 13.0 Å². The van der Waals surface area contributed by atoms with Gasteiger partial charge in [0.1, 0.15) is 18.0 Å². The van der Waals surface area contributed by atoms with Gasteiger partial charge in [0.2, 0.25) is 17.7 Å². The Balaban J connectivity index is 1.66. The van der Waals surface area contributed by atoms with Crippen LogP contribution in [0.5, 0.6) is 11.5 Å². The number of anilines is 1. The molecule has 1 fully saturated rings. The third kappa shape index (κ3) is 4.97. The second-order valence-electron chi connectivity index (χ2n) is 7.02. The molecule has 0 spiro atoms. The Kier molecular flexibility index (Phi) is 6.71. The van der Waals surface area contributed by atoms with E-state index in [9.17, 15) is 14.4 Å². The van der Waals surface area contributed by atoms with Gasteiger partial charge in [0, 0.05) is 25.7 Å². The van der Waals surface area contributed by atoms with Gasteiger partial charge < -0.3 is 14.8 Å². The molecule has 9 nitrogen and oxygen atoms in total. The van der Waals surface area contributed by atoms with Crippen LogP contribution >= 0.6 is 0 Å². The van der Waals surface area contributed by atoms with Crippen LogP contribution in [0, 0.1) is 5.92 Å². The lowest BCUT2D eigenvalue weighted by Crippen LogP contribution is -2.38. The summed E-state index contributed by atoms with van der Waals surface area (Å²) >= 11 is 0. The molecule has 1 aliphatic heterocycles. The molecule has 0 radical (unpaired) electrons. The number of ether oxygens (including phenoxy) is 2. The fourth-order valence-corrected chi connectivity index (χ4v) is 3.42. The molecule has 30 heavy (non-hydrogen) atoms. The van der Waals surface area contributed by atoms with Crippen molar-refractivity contribution in [1.29, 1.82) is 0 Å². The zero-order chi connectivity index (χ0) is 21.7. The van der Waals surface area contributed by atoms with E-state index in [0.29, 0.717) is 36.8 Å². The van der Waals surface area contributed by atoms with Gasteiger partial charge in [-0.15, -0.1) is 0 Å². The molecule has 1 saturated heterocycles. The molecule has 0 aliphatic carbocycles. The molecule has 2 aromatic rings. The molecule has 1 N–H and O–H groups in total. The summed E-state index contributed by atoms with van der Waals surface area (Å²) in [5.41, 5.74) is 1.31. The fraction of sp³-hybridized carbons (Fsp3) is 0.429. The van der Waals surface area contributed by atoms with Gasteiger partial charge in [0.05, 0.1) is 31.0 Å². The first-order valence-corrected chi connectivity index (χ1v) is 9.92. The maximum absolute atomic E-state index is 12.7. The Morgan fingerprint density at radius 3 is 2.67 bits per heavy atom. The Bertz CT molecular complexity index is 939. The van der Waals surface area contributed by atoms with E-state index in [1.807, 2.05) is 20.0 Å². The van der Waals surface area contributed by atoms with E-state index in [0.717, 1.165) is 10.5 Å².